The number of nitrogens with one attached hydrogen (secondary N) is 2. The summed E-state index contributed by atoms with van der Waals surface area (Å²) in [5, 5.41) is 0.680. The lowest BCUT2D eigenvalue weighted by molar-refractivity contribution is -0.119. The van der Waals surface area contributed by atoms with Crippen molar-refractivity contribution in [2.75, 3.05) is 5.75 Å². The highest BCUT2D eigenvalue weighted by molar-refractivity contribution is 7.99. The van der Waals surface area contributed by atoms with Gasteiger partial charge in [-0.1, -0.05) is 29.8 Å². The number of hydrogen-bond acceptors (Lipinski definition) is 4. The third kappa shape index (κ3) is 5.04. The van der Waals surface area contributed by atoms with Gasteiger partial charge in [0.25, 0.3) is 5.91 Å². The summed E-state index contributed by atoms with van der Waals surface area (Å²) in [6.07, 6.45) is 0. The number of rotatable bonds is 5. The van der Waals surface area contributed by atoms with Crippen LogP contribution in [-0.4, -0.2) is 17.6 Å². The van der Waals surface area contributed by atoms with Crippen molar-refractivity contribution in [3.05, 3.63) is 58.0 Å². The Labute approximate surface area is 143 Å². The number of furan rings is 1. The summed E-state index contributed by atoms with van der Waals surface area (Å²) in [4.78, 5) is 23.7. The van der Waals surface area contributed by atoms with E-state index in [0.29, 0.717) is 27.9 Å². The molecule has 0 radical (unpaired) electrons. The van der Waals surface area contributed by atoms with E-state index in [1.165, 1.54) is 11.8 Å². The maximum atomic E-state index is 11.9. The van der Waals surface area contributed by atoms with Crippen LogP contribution in [0.5, 0.6) is 0 Å². The number of halogens is 1. The van der Waals surface area contributed by atoms with Crippen molar-refractivity contribution in [1.82, 2.24) is 10.9 Å². The Hall–Kier alpha value is -1.92. The number of carbonyl (C=O) groups excluding carboxylic acids is 2. The molecule has 0 atom stereocenters. The van der Waals surface area contributed by atoms with Gasteiger partial charge in [0.2, 0.25) is 5.91 Å². The first-order valence-electron chi connectivity index (χ1n) is 6.94. The van der Waals surface area contributed by atoms with Crippen LogP contribution in [0.25, 0.3) is 0 Å². The summed E-state index contributed by atoms with van der Waals surface area (Å²) in [5.41, 5.74) is 6.14. The predicted octanol–water partition coefficient (Wildman–Crippen LogP) is 3.24. The quantitative estimate of drug-likeness (QED) is 0.810. The number of thioether (sulfide) groups is 1. The van der Waals surface area contributed by atoms with Crippen LogP contribution in [0.4, 0.5) is 0 Å². The van der Waals surface area contributed by atoms with Gasteiger partial charge in [0.15, 0.2) is 0 Å². The number of hydrogen-bond donors (Lipinski definition) is 2. The zero-order chi connectivity index (χ0) is 16.8. The first kappa shape index (κ1) is 17.4. The number of carbonyl (C=O) groups is 2. The van der Waals surface area contributed by atoms with Gasteiger partial charge in [-0.15, -0.1) is 11.8 Å². The van der Waals surface area contributed by atoms with E-state index in [0.717, 1.165) is 5.56 Å². The lowest BCUT2D eigenvalue weighted by Gasteiger charge is -2.07. The SMILES string of the molecule is Cc1cc(C(=O)NNC(=O)CSCc2ccccc2Cl)c(C)o1. The third-order valence-electron chi connectivity index (χ3n) is 3.05. The molecule has 23 heavy (non-hydrogen) atoms. The molecule has 0 saturated heterocycles. The van der Waals surface area contributed by atoms with E-state index >= 15 is 0 Å². The van der Waals surface area contributed by atoms with Crippen molar-refractivity contribution in [2.24, 2.45) is 0 Å². The highest BCUT2D eigenvalue weighted by Crippen LogP contribution is 2.20. The Morgan fingerprint density at radius 2 is 1.96 bits per heavy atom. The highest BCUT2D eigenvalue weighted by atomic mass is 35.5. The Morgan fingerprint density at radius 3 is 2.61 bits per heavy atom. The molecule has 0 aliphatic heterocycles. The zero-order valence-corrected chi connectivity index (χ0v) is 14.4. The van der Waals surface area contributed by atoms with Crippen LogP contribution in [0.3, 0.4) is 0 Å². The Morgan fingerprint density at radius 1 is 1.22 bits per heavy atom. The summed E-state index contributed by atoms with van der Waals surface area (Å²) >= 11 is 7.46. The zero-order valence-electron chi connectivity index (χ0n) is 12.8. The van der Waals surface area contributed by atoms with Gasteiger partial charge in [-0.3, -0.25) is 20.4 Å². The van der Waals surface area contributed by atoms with Crippen LogP contribution in [-0.2, 0) is 10.5 Å². The molecule has 2 rings (SSSR count). The maximum absolute atomic E-state index is 11.9. The predicted molar refractivity (Wildman–Crippen MR) is 91.4 cm³/mol. The summed E-state index contributed by atoms with van der Waals surface area (Å²) in [6.45, 7) is 3.46. The van der Waals surface area contributed by atoms with E-state index in [-0.39, 0.29) is 11.7 Å². The average Bonchev–Trinajstić information content (AvgIpc) is 2.85. The van der Waals surface area contributed by atoms with Gasteiger partial charge in [-0.25, -0.2) is 0 Å². The van der Waals surface area contributed by atoms with E-state index in [1.54, 1.807) is 19.9 Å². The molecule has 0 bridgehead atoms. The number of benzene rings is 1. The molecule has 0 unspecified atom stereocenters. The van der Waals surface area contributed by atoms with Gasteiger partial charge >= 0.3 is 0 Å². The van der Waals surface area contributed by atoms with Crippen molar-refractivity contribution in [3.8, 4) is 0 Å². The van der Waals surface area contributed by atoms with Crippen LogP contribution >= 0.6 is 23.4 Å². The largest absolute Gasteiger partial charge is 0.466 e. The average molecular weight is 353 g/mol. The molecule has 1 heterocycles. The molecule has 0 aliphatic carbocycles. The van der Waals surface area contributed by atoms with Crippen molar-refractivity contribution >= 4 is 35.2 Å². The van der Waals surface area contributed by atoms with Gasteiger partial charge in [-0.05, 0) is 31.5 Å². The number of aryl methyl sites for hydroxylation is 2. The fraction of sp³-hybridized carbons (Fsp3) is 0.250. The molecule has 2 aromatic rings. The second kappa shape index (κ2) is 8.08. The highest BCUT2D eigenvalue weighted by Gasteiger charge is 2.14. The van der Waals surface area contributed by atoms with Crippen LogP contribution in [0.1, 0.15) is 27.4 Å². The lowest BCUT2D eigenvalue weighted by Crippen LogP contribution is -2.42. The fourth-order valence-electron chi connectivity index (χ4n) is 1.96. The molecule has 7 heteroatoms. The topological polar surface area (TPSA) is 71.3 Å². The minimum Gasteiger partial charge on any atom is -0.466 e. The second-order valence-corrected chi connectivity index (χ2v) is 6.31. The summed E-state index contributed by atoms with van der Waals surface area (Å²) in [5.74, 6) is 1.32. The van der Waals surface area contributed by atoms with Gasteiger partial charge in [0.05, 0.1) is 11.3 Å². The van der Waals surface area contributed by atoms with Crippen molar-refractivity contribution in [1.29, 1.82) is 0 Å². The molecule has 122 valence electrons. The molecule has 0 spiro atoms. The van der Waals surface area contributed by atoms with Gasteiger partial charge in [0.1, 0.15) is 11.5 Å². The second-order valence-electron chi connectivity index (χ2n) is 4.91. The van der Waals surface area contributed by atoms with E-state index < -0.39 is 5.91 Å². The molecule has 2 N–H and O–H groups in total. The van der Waals surface area contributed by atoms with Gasteiger partial charge in [0, 0.05) is 10.8 Å². The fourth-order valence-corrected chi connectivity index (χ4v) is 3.07. The lowest BCUT2D eigenvalue weighted by atomic mass is 10.2. The molecule has 0 aliphatic rings. The van der Waals surface area contributed by atoms with Crippen molar-refractivity contribution in [2.45, 2.75) is 19.6 Å². The van der Waals surface area contributed by atoms with Gasteiger partial charge in [-0.2, -0.15) is 0 Å². The number of hydrazine groups is 1. The minimum absolute atomic E-state index is 0.217. The van der Waals surface area contributed by atoms with Crippen LogP contribution in [0.15, 0.2) is 34.7 Å². The smallest absolute Gasteiger partial charge is 0.273 e. The van der Waals surface area contributed by atoms with Crippen LogP contribution in [0.2, 0.25) is 5.02 Å². The Bertz CT molecular complexity index is 715. The van der Waals surface area contributed by atoms with Crippen LogP contribution < -0.4 is 10.9 Å². The van der Waals surface area contributed by atoms with E-state index in [1.807, 2.05) is 24.3 Å². The molecular weight excluding hydrogens is 336 g/mol. The molecular formula is C16H17ClN2O3S. The Kier molecular flexibility index (Phi) is 6.12. The first-order valence-corrected chi connectivity index (χ1v) is 8.48. The molecule has 1 aromatic heterocycles. The number of amides is 2. The maximum Gasteiger partial charge on any atom is 0.273 e. The van der Waals surface area contributed by atoms with E-state index in [9.17, 15) is 9.59 Å². The third-order valence-corrected chi connectivity index (χ3v) is 4.40. The molecule has 0 saturated carbocycles. The molecule has 5 nitrogen and oxygen atoms in total. The minimum atomic E-state index is -0.399. The molecule has 0 fully saturated rings. The first-order chi connectivity index (χ1) is 11.0. The Balaban J connectivity index is 1.74. The molecule has 2 amide bonds. The van der Waals surface area contributed by atoms with Gasteiger partial charge < -0.3 is 4.42 Å². The van der Waals surface area contributed by atoms with Crippen LogP contribution in [0, 0.1) is 13.8 Å². The molecule has 1 aromatic carbocycles. The van der Waals surface area contributed by atoms with Crippen molar-refractivity contribution < 1.29 is 14.0 Å². The summed E-state index contributed by atoms with van der Waals surface area (Å²) in [6, 6.07) is 9.12. The monoisotopic (exact) mass is 352 g/mol. The van der Waals surface area contributed by atoms with Crippen molar-refractivity contribution in [3.63, 3.8) is 0 Å². The summed E-state index contributed by atoms with van der Waals surface area (Å²) in [7, 11) is 0. The standard InChI is InChI=1S/C16H17ClN2O3S/c1-10-7-13(11(2)22-10)16(21)19-18-15(20)9-23-8-12-5-3-4-6-14(12)17/h3-7H,8-9H2,1-2H3,(H,18,20)(H,19,21). The summed E-state index contributed by atoms with van der Waals surface area (Å²) < 4.78 is 5.28. The normalized spacial score (nSPS) is 10.4. The van der Waals surface area contributed by atoms with E-state index in [4.69, 9.17) is 16.0 Å². The van der Waals surface area contributed by atoms with E-state index in [2.05, 4.69) is 10.9 Å².